The lowest BCUT2D eigenvalue weighted by Gasteiger charge is -2.22. The second kappa shape index (κ2) is 11.2. The third-order valence-electron chi connectivity index (χ3n) is 2.91. The van der Waals surface area contributed by atoms with Gasteiger partial charge in [-0.3, -0.25) is 5.32 Å². The van der Waals surface area contributed by atoms with Gasteiger partial charge in [0, 0.05) is 6.61 Å². The van der Waals surface area contributed by atoms with Crippen LogP contribution in [-0.2, 0) is 9.47 Å². The second-order valence-corrected chi connectivity index (χ2v) is 5.36. The minimum atomic E-state index is -0.392. The van der Waals surface area contributed by atoms with Crippen LogP contribution in [0.4, 0.5) is 0 Å². The monoisotopic (exact) mass is 270 g/mol. The van der Waals surface area contributed by atoms with E-state index in [1.54, 1.807) is 0 Å². The number of hydrogen-bond donors (Lipinski definition) is 1. The Morgan fingerprint density at radius 2 is 1.95 bits per heavy atom. The van der Waals surface area contributed by atoms with E-state index >= 15 is 0 Å². The summed E-state index contributed by atoms with van der Waals surface area (Å²) in [4.78, 5) is 0. The first-order valence-electron chi connectivity index (χ1n) is 7.39. The molecule has 0 saturated carbocycles. The van der Waals surface area contributed by atoms with Crippen LogP contribution in [-0.4, -0.2) is 38.0 Å². The topological polar surface area (TPSA) is 54.3 Å². The van der Waals surface area contributed by atoms with Crippen LogP contribution in [0.1, 0.15) is 53.4 Å². The van der Waals surface area contributed by atoms with Crippen LogP contribution < -0.4 is 5.32 Å². The Labute approximate surface area is 118 Å². The minimum absolute atomic E-state index is 0.268. The maximum Gasteiger partial charge on any atom is 0.103 e. The van der Waals surface area contributed by atoms with E-state index in [2.05, 4.69) is 18.3 Å². The van der Waals surface area contributed by atoms with Crippen molar-refractivity contribution < 1.29 is 9.47 Å². The van der Waals surface area contributed by atoms with Crippen LogP contribution in [0.3, 0.4) is 0 Å². The van der Waals surface area contributed by atoms with E-state index in [1.165, 1.54) is 0 Å². The van der Waals surface area contributed by atoms with Crippen molar-refractivity contribution in [1.82, 2.24) is 5.32 Å². The largest absolute Gasteiger partial charge is 0.379 e. The van der Waals surface area contributed by atoms with Gasteiger partial charge in [0.15, 0.2) is 0 Å². The molecule has 0 aliphatic carbocycles. The van der Waals surface area contributed by atoms with Crippen molar-refractivity contribution in [2.75, 3.05) is 26.4 Å². The van der Waals surface area contributed by atoms with Crippen LogP contribution in [0.2, 0.25) is 0 Å². The van der Waals surface area contributed by atoms with Gasteiger partial charge in [0.25, 0.3) is 0 Å². The van der Waals surface area contributed by atoms with Crippen LogP contribution >= 0.6 is 0 Å². The number of hydrogen-bond acceptors (Lipinski definition) is 4. The lowest BCUT2D eigenvalue weighted by atomic mass is 9.96. The van der Waals surface area contributed by atoms with Crippen LogP contribution in [0, 0.1) is 11.3 Å². The van der Waals surface area contributed by atoms with E-state index < -0.39 is 5.54 Å². The van der Waals surface area contributed by atoms with E-state index in [0.717, 1.165) is 38.8 Å². The molecule has 0 aliphatic rings. The third-order valence-corrected chi connectivity index (χ3v) is 2.91. The average molecular weight is 270 g/mol. The van der Waals surface area contributed by atoms with Crippen molar-refractivity contribution in [1.29, 1.82) is 5.26 Å². The Hall–Kier alpha value is -0.630. The molecule has 0 heterocycles. The first kappa shape index (κ1) is 18.4. The summed E-state index contributed by atoms with van der Waals surface area (Å²) in [6.45, 7) is 11.1. The summed E-state index contributed by atoms with van der Waals surface area (Å²) in [5.41, 5.74) is -0.392. The molecule has 4 nitrogen and oxygen atoms in total. The Morgan fingerprint density at radius 3 is 2.53 bits per heavy atom. The van der Waals surface area contributed by atoms with Crippen molar-refractivity contribution >= 4 is 0 Å². The summed E-state index contributed by atoms with van der Waals surface area (Å²) in [7, 11) is 0. The molecule has 0 aliphatic heterocycles. The van der Waals surface area contributed by atoms with Gasteiger partial charge in [0.05, 0.1) is 25.4 Å². The fraction of sp³-hybridized carbons (Fsp3) is 0.933. The van der Waals surface area contributed by atoms with Gasteiger partial charge in [-0.05, 0) is 53.0 Å². The Bertz CT molecular complexity index is 251. The van der Waals surface area contributed by atoms with Crippen molar-refractivity contribution in [3.05, 3.63) is 0 Å². The first-order chi connectivity index (χ1) is 9.04. The SMILES string of the molecule is CCCNC(C)(C#N)CCCCOCCOC(C)C. The van der Waals surface area contributed by atoms with Crippen LogP contribution in [0.5, 0.6) is 0 Å². The van der Waals surface area contributed by atoms with Gasteiger partial charge in [-0.15, -0.1) is 0 Å². The fourth-order valence-corrected chi connectivity index (χ4v) is 1.71. The van der Waals surface area contributed by atoms with Crippen molar-refractivity contribution in [3.63, 3.8) is 0 Å². The van der Waals surface area contributed by atoms with E-state index in [1.807, 2.05) is 20.8 Å². The molecular formula is C15H30N2O2. The van der Waals surface area contributed by atoms with Crippen molar-refractivity contribution in [3.8, 4) is 6.07 Å². The summed E-state index contributed by atoms with van der Waals surface area (Å²) in [5.74, 6) is 0. The van der Waals surface area contributed by atoms with E-state index in [-0.39, 0.29) is 6.10 Å². The average Bonchev–Trinajstić information content (AvgIpc) is 2.39. The number of unbranched alkanes of at least 4 members (excludes halogenated alkanes) is 1. The number of rotatable bonds is 12. The number of nitriles is 1. The molecule has 0 aromatic rings. The molecule has 112 valence electrons. The smallest absolute Gasteiger partial charge is 0.103 e. The molecule has 1 unspecified atom stereocenters. The van der Waals surface area contributed by atoms with Gasteiger partial charge >= 0.3 is 0 Å². The van der Waals surface area contributed by atoms with Gasteiger partial charge in [-0.2, -0.15) is 5.26 Å². The van der Waals surface area contributed by atoms with Gasteiger partial charge in [-0.1, -0.05) is 6.92 Å². The van der Waals surface area contributed by atoms with Crippen LogP contribution in [0.25, 0.3) is 0 Å². The van der Waals surface area contributed by atoms with Crippen molar-refractivity contribution in [2.45, 2.75) is 65.0 Å². The summed E-state index contributed by atoms with van der Waals surface area (Å²) in [6.07, 6.45) is 4.19. The molecule has 0 aromatic heterocycles. The fourth-order valence-electron chi connectivity index (χ4n) is 1.71. The summed E-state index contributed by atoms with van der Waals surface area (Å²) in [6, 6.07) is 2.36. The standard InChI is InChI=1S/C15H30N2O2/c1-5-9-17-15(4,13-16)8-6-7-10-18-11-12-19-14(2)3/h14,17H,5-12H2,1-4H3. The number of nitrogens with one attached hydrogen (secondary N) is 1. The van der Waals surface area contributed by atoms with E-state index in [0.29, 0.717) is 13.2 Å². The molecule has 0 fully saturated rings. The van der Waals surface area contributed by atoms with Crippen LogP contribution in [0.15, 0.2) is 0 Å². The number of nitrogens with zero attached hydrogens (tertiary/aromatic N) is 1. The zero-order valence-corrected chi connectivity index (χ0v) is 13.0. The predicted molar refractivity (Wildman–Crippen MR) is 78.1 cm³/mol. The molecule has 0 bridgehead atoms. The summed E-state index contributed by atoms with van der Waals surface area (Å²) in [5, 5.41) is 12.5. The maximum atomic E-state index is 9.18. The quantitative estimate of drug-likeness (QED) is 0.554. The molecule has 0 rings (SSSR count). The highest BCUT2D eigenvalue weighted by Crippen LogP contribution is 2.12. The van der Waals surface area contributed by atoms with Gasteiger partial charge in [0.2, 0.25) is 0 Å². The lowest BCUT2D eigenvalue weighted by molar-refractivity contribution is 0.0185. The van der Waals surface area contributed by atoms with Gasteiger partial charge in [-0.25, -0.2) is 0 Å². The molecule has 0 amide bonds. The van der Waals surface area contributed by atoms with E-state index in [4.69, 9.17) is 9.47 Å². The Balaban J connectivity index is 3.49. The molecule has 19 heavy (non-hydrogen) atoms. The van der Waals surface area contributed by atoms with Gasteiger partial charge in [0.1, 0.15) is 5.54 Å². The minimum Gasteiger partial charge on any atom is -0.379 e. The highest BCUT2D eigenvalue weighted by atomic mass is 16.5. The second-order valence-electron chi connectivity index (χ2n) is 5.36. The Kier molecular flexibility index (Phi) is 10.8. The zero-order chi connectivity index (χ0) is 14.6. The molecule has 1 N–H and O–H groups in total. The zero-order valence-electron chi connectivity index (χ0n) is 13.0. The molecule has 0 aromatic carbocycles. The molecule has 0 saturated heterocycles. The number of ether oxygens (including phenoxy) is 2. The normalized spacial score (nSPS) is 14.3. The highest BCUT2D eigenvalue weighted by Gasteiger charge is 2.21. The molecular weight excluding hydrogens is 240 g/mol. The van der Waals surface area contributed by atoms with E-state index in [9.17, 15) is 5.26 Å². The molecule has 0 radical (unpaired) electrons. The first-order valence-corrected chi connectivity index (χ1v) is 7.39. The maximum absolute atomic E-state index is 9.18. The third kappa shape index (κ3) is 10.9. The molecule has 4 heteroatoms. The highest BCUT2D eigenvalue weighted by molar-refractivity contribution is 5.03. The predicted octanol–water partition coefficient (Wildman–Crippen LogP) is 2.88. The van der Waals surface area contributed by atoms with Gasteiger partial charge < -0.3 is 9.47 Å². The Morgan fingerprint density at radius 1 is 1.21 bits per heavy atom. The molecule has 0 spiro atoms. The lowest BCUT2D eigenvalue weighted by Crippen LogP contribution is -2.41. The molecule has 1 atom stereocenters. The van der Waals surface area contributed by atoms with Crippen molar-refractivity contribution in [2.24, 2.45) is 0 Å². The summed E-state index contributed by atoms with van der Waals surface area (Å²) < 4.78 is 10.9. The summed E-state index contributed by atoms with van der Waals surface area (Å²) >= 11 is 0.